The van der Waals surface area contributed by atoms with Gasteiger partial charge in [-0.3, -0.25) is 14.4 Å². The lowest BCUT2D eigenvalue weighted by molar-refractivity contribution is -0.167. The average molecular weight is 951 g/mol. The maximum atomic E-state index is 12.8. The van der Waals surface area contributed by atoms with Gasteiger partial charge in [0, 0.05) is 19.3 Å². The summed E-state index contributed by atoms with van der Waals surface area (Å²) in [4.78, 5) is 38.1. The van der Waals surface area contributed by atoms with Gasteiger partial charge in [-0.2, -0.15) is 0 Å². The molecule has 0 rings (SSSR count). The second-order valence-electron chi connectivity index (χ2n) is 17.6. The summed E-state index contributed by atoms with van der Waals surface area (Å²) in [5.74, 6) is -1.01. The highest BCUT2D eigenvalue weighted by Gasteiger charge is 2.19. The number of carbonyl (C=O) groups excluding carboxylic acids is 3. The van der Waals surface area contributed by atoms with Gasteiger partial charge < -0.3 is 14.2 Å². The predicted molar refractivity (Wildman–Crippen MR) is 297 cm³/mol. The molecule has 0 aliphatic carbocycles. The molecule has 0 aromatic rings. The summed E-state index contributed by atoms with van der Waals surface area (Å²) in [5.41, 5.74) is 0. The van der Waals surface area contributed by atoms with Gasteiger partial charge in [-0.25, -0.2) is 0 Å². The Hall–Kier alpha value is -4.71. The molecule has 0 aromatic heterocycles. The smallest absolute Gasteiger partial charge is 0.306 e. The van der Waals surface area contributed by atoms with Crippen LogP contribution in [0.25, 0.3) is 0 Å². The van der Waals surface area contributed by atoms with Crippen LogP contribution < -0.4 is 0 Å². The minimum absolute atomic E-state index is 0.117. The van der Waals surface area contributed by atoms with Gasteiger partial charge in [0.05, 0.1) is 0 Å². The van der Waals surface area contributed by atoms with Crippen LogP contribution in [0, 0.1) is 0 Å². The minimum atomic E-state index is -0.822. The summed E-state index contributed by atoms with van der Waals surface area (Å²) in [5, 5.41) is 0. The van der Waals surface area contributed by atoms with Crippen molar-refractivity contribution in [2.24, 2.45) is 0 Å². The maximum Gasteiger partial charge on any atom is 0.306 e. The Morgan fingerprint density at radius 2 is 0.638 bits per heavy atom. The van der Waals surface area contributed by atoms with E-state index in [-0.39, 0.29) is 37.5 Å². The van der Waals surface area contributed by atoms with Gasteiger partial charge in [0.25, 0.3) is 0 Å². The highest BCUT2D eigenvalue weighted by atomic mass is 16.6. The predicted octanol–water partition coefficient (Wildman–Crippen LogP) is 18.4. The van der Waals surface area contributed by atoms with Crippen LogP contribution in [-0.2, 0) is 28.6 Å². The zero-order valence-electron chi connectivity index (χ0n) is 44.0. The molecule has 1 atom stereocenters. The van der Waals surface area contributed by atoms with Crippen molar-refractivity contribution in [2.45, 2.75) is 219 Å². The van der Waals surface area contributed by atoms with Gasteiger partial charge in [0.15, 0.2) is 6.10 Å². The lowest BCUT2D eigenvalue weighted by atomic mass is 10.1. The Kier molecular flexibility index (Phi) is 52.1. The summed E-state index contributed by atoms with van der Waals surface area (Å²) >= 11 is 0. The van der Waals surface area contributed by atoms with Crippen molar-refractivity contribution in [1.29, 1.82) is 0 Å². The first-order chi connectivity index (χ1) is 34.0. The van der Waals surface area contributed by atoms with Crippen LogP contribution in [-0.4, -0.2) is 37.2 Å². The molecule has 0 N–H and O–H groups in total. The number of ether oxygens (including phenoxy) is 3. The third kappa shape index (κ3) is 54.1. The standard InChI is InChI=1S/C63H98O6/c1-4-7-10-13-16-19-22-25-28-30-32-34-35-38-41-44-47-50-53-56-62(65)68-59-60(58-67-61(64)55-52-49-46-43-40-37-27-24-21-18-15-12-9-6-3)69-63(66)57-54-51-48-45-42-39-36-33-31-29-26-23-20-17-14-11-8-5-2/h7,9-10,12-13,16,18-19,21-22,25,27-38,41,60H,4-6,8,11,14-15,17,20,23-24,26,39-40,42-59H2,1-3H3/b10-7-,12-9-,16-13-,21-18-,22-19-,28-25-,31-29-,32-30+,35-34-,36-33-,37-27-,41-38-. The van der Waals surface area contributed by atoms with Crippen molar-refractivity contribution in [3.63, 3.8) is 0 Å². The topological polar surface area (TPSA) is 78.9 Å². The summed E-state index contributed by atoms with van der Waals surface area (Å²) in [7, 11) is 0. The summed E-state index contributed by atoms with van der Waals surface area (Å²) in [6.45, 7) is 6.29. The fraction of sp³-hybridized carbons (Fsp3) is 0.571. The molecule has 6 heteroatoms. The molecule has 0 heterocycles. The molecule has 386 valence electrons. The Labute approximate surface area is 423 Å². The number of hydrogen-bond donors (Lipinski definition) is 0. The quantitative estimate of drug-likeness (QED) is 0.0199. The van der Waals surface area contributed by atoms with Crippen LogP contribution in [0.2, 0.25) is 0 Å². The van der Waals surface area contributed by atoms with E-state index in [1.165, 1.54) is 51.4 Å². The molecular formula is C63H98O6. The molecule has 0 saturated heterocycles. The van der Waals surface area contributed by atoms with Gasteiger partial charge in [-0.15, -0.1) is 0 Å². The zero-order chi connectivity index (χ0) is 50.0. The van der Waals surface area contributed by atoms with Gasteiger partial charge >= 0.3 is 17.9 Å². The van der Waals surface area contributed by atoms with Gasteiger partial charge in [0.2, 0.25) is 0 Å². The fourth-order valence-electron chi connectivity index (χ4n) is 6.96. The number of unbranched alkanes of at least 4 members (excludes halogenated alkanes) is 19. The Morgan fingerprint density at radius 1 is 0.319 bits per heavy atom. The molecular weight excluding hydrogens is 853 g/mol. The van der Waals surface area contributed by atoms with E-state index in [1.54, 1.807) is 0 Å². The lowest BCUT2D eigenvalue weighted by Gasteiger charge is -2.18. The van der Waals surface area contributed by atoms with Crippen molar-refractivity contribution in [2.75, 3.05) is 13.2 Å². The number of rotatable bonds is 47. The normalized spacial score (nSPS) is 13.3. The molecule has 6 nitrogen and oxygen atoms in total. The van der Waals surface area contributed by atoms with Gasteiger partial charge in [0.1, 0.15) is 13.2 Å². The second kappa shape index (κ2) is 55.9. The minimum Gasteiger partial charge on any atom is -0.462 e. The van der Waals surface area contributed by atoms with Crippen LogP contribution in [0.3, 0.4) is 0 Å². The maximum absolute atomic E-state index is 12.8. The van der Waals surface area contributed by atoms with E-state index in [1.807, 2.05) is 72.9 Å². The second-order valence-corrected chi connectivity index (χ2v) is 17.6. The molecule has 0 bridgehead atoms. The van der Waals surface area contributed by atoms with Crippen LogP contribution in [0.1, 0.15) is 213 Å². The average Bonchev–Trinajstić information content (AvgIpc) is 3.35. The van der Waals surface area contributed by atoms with Crippen molar-refractivity contribution in [1.82, 2.24) is 0 Å². The molecule has 0 amide bonds. The molecule has 0 spiro atoms. The van der Waals surface area contributed by atoms with Gasteiger partial charge in [-0.05, 0) is 96.3 Å². The fourth-order valence-corrected chi connectivity index (χ4v) is 6.96. The number of carbonyl (C=O) groups is 3. The van der Waals surface area contributed by atoms with Crippen molar-refractivity contribution < 1.29 is 28.6 Å². The zero-order valence-corrected chi connectivity index (χ0v) is 44.0. The van der Waals surface area contributed by atoms with E-state index >= 15 is 0 Å². The van der Waals surface area contributed by atoms with Crippen LogP contribution in [0.5, 0.6) is 0 Å². The van der Waals surface area contributed by atoms with Crippen molar-refractivity contribution >= 4 is 17.9 Å². The third-order valence-electron chi connectivity index (χ3n) is 11.0. The van der Waals surface area contributed by atoms with E-state index in [2.05, 4.69) is 93.7 Å². The number of hydrogen-bond acceptors (Lipinski definition) is 6. The van der Waals surface area contributed by atoms with Crippen LogP contribution in [0.4, 0.5) is 0 Å². The number of allylic oxidation sites excluding steroid dienone is 24. The Morgan fingerprint density at radius 3 is 1.09 bits per heavy atom. The first-order valence-electron chi connectivity index (χ1n) is 27.5. The van der Waals surface area contributed by atoms with Crippen molar-refractivity contribution in [3.05, 3.63) is 146 Å². The highest BCUT2D eigenvalue weighted by molar-refractivity contribution is 5.71. The largest absolute Gasteiger partial charge is 0.462 e. The highest BCUT2D eigenvalue weighted by Crippen LogP contribution is 2.13. The molecule has 0 saturated carbocycles. The van der Waals surface area contributed by atoms with Crippen LogP contribution in [0.15, 0.2) is 146 Å². The van der Waals surface area contributed by atoms with E-state index in [0.29, 0.717) is 19.3 Å². The first-order valence-corrected chi connectivity index (χ1v) is 27.5. The Balaban J connectivity index is 4.58. The molecule has 0 aromatic carbocycles. The van der Waals surface area contributed by atoms with Gasteiger partial charge in [-0.1, -0.05) is 244 Å². The summed E-state index contributed by atoms with van der Waals surface area (Å²) < 4.78 is 16.8. The molecule has 0 aliphatic rings. The molecule has 69 heavy (non-hydrogen) atoms. The summed E-state index contributed by atoms with van der Waals surface area (Å²) in [6.07, 6.45) is 79.7. The van der Waals surface area contributed by atoms with E-state index in [9.17, 15) is 14.4 Å². The summed E-state index contributed by atoms with van der Waals surface area (Å²) in [6, 6.07) is 0. The number of esters is 3. The van der Waals surface area contributed by atoms with E-state index in [4.69, 9.17) is 14.2 Å². The van der Waals surface area contributed by atoms with E-state index in [0.717, 1.165) is 116 Å². The van der Waals surface area contributed by atoms with Crippen molar-refractivity contribution in [3.8, 4) is 0 Å². The molecule has 0 fully saturated rings. The first kappa shape index (κ1) is 64.3. The third-order valence-corrected chi connectivity index (χ3v) is 11.0. The SMILES string of the molecule is CC\C=C/C=C\C=C/C=C\C=C\C=C/C=C\CCCCCC(=O)OCC(COC(=O)CCCCCC/C=C\C/C=C\C/C=C\CC)OC(=O)CCCCCCC/C=C\C=C/CCCCCCCCC. The molecule has 1 unspecified atom stereocenters. The van der Waals surface area contributed by atoms with Crippen LogP contribution >= 0.6 is 0 Å². The van der Waals surface area contributed by atoms with E-state index < -0.39 is 6.10 Å². The monoisotopic (exact) mass is 951 g/mol. The lowest BCUT2D eigenvalue weighted by Crippen LogP contribution is -2.30. The molecule has 0 aliphatic heterocycles. The Bertz CT molecular complexity index is 1560. The molecule has 0 radical (unpaired) electrons.